The second-order valence-electron chi connectivity index (χ2n) is 6.07. The van der Waals surface area contributed by atoms with E-state index in [9.17, 15) is 4.79 Å². The molecule has 0 radical (unpaired) electrons. The van der Waals surface area contributed by atoms with Crippen LogP contribution in [0.5, 0.6) is 0 Å². The number of ether oxygens (including phenoxy) is 1. The average Bonchev–Trinajstić information content (AvgIpc) is 2.29. The molecule has 1 aliphatic carbocycles. The van der Waals surface area contributed by atoms with Gasteiger partial charge >= 0.3 is 0 Å². The Kier molecular flexibility index (Phi) is 5.60. The van der Waals surface area contributed by atoms with Gasteiger partial charge in [0.15, 0.2) is 0 Å². The van der Waals surface area contributed by atoms with E-state index in [1.807, 2.05) is 20.8 Å². The maximum Gasteiger partial charge on any atom is 0.223 e. The standard InChI is InChI=1S/C14H28N2O2/c1-5-18-14(3,4)9-16-13(17)12-8-11(15)7-6-10(12)2/h10-12H,5-9,15H2,1-4H3,(H,16,17). The van der Waals surface area contributed by atoms with Crippen LogP contribution in [0.3, 0.4) is 0 Å². The van der Waals surface area contributed by atoms with E-state index < -0.39 is 0 Å². The molecular weight excluding hydrogens is 228 g/mol. The first-order chi connectivity index (χ1) is 8.35. The molecule has 18 heavy (non-hydrogen) atoms. The van der Waals surface area contributed by atoms with Crippen molar-refractivity contribution in [1.82, 2.24) is 5.32 Å². The molecule has 0 aromatic rings. The lowest BCUT2D eigenvalue weighted by Crippen LogP contribution is -2.46. The van der Waals surface area contributed by atoms with Crippen LogP contribution < -0.4 is 11.1 Å². The fourth-order valence-electron chi connectivity index (χ4n) is 2.59. The molecule has 0 aromatic carbocycles. The zero-order valence-corrected chi connectivity index (χ0v) is 12.2. The normalized spacial score (nSPS) is 29.1. The smallest absolute Gasteiger partial charge is 0.223 e. The van der Waals surface area contributed by atoms with Gasteiger partial charge < -0.3 is 15.8 Å². The predicted octanol–water partition coefficient (Wildman–Crippen LogP) is 1.68. The Bertz CT molecular complexity index is 279. The highest BCUT2D eigenvalue weighted by atomic mass is 16.5. The predicted molar refractivity (Wildman–Crippen MR) is 73.2 cm³/mol. The maximum atomic E-state index is 12.2. The third-order valence-corrected chi connectivity index (χ3v) is 3.80. The Labute approximate surface area is 111 Å². The van der Waals surface area contributed by atoms with Crippen LogP contribution in [0.2, 0.25) is 0 Å². The molecule has 0 aromatic heterocycles. The summed E-state index contributed by atoms with van der Waals surface area (Å²) in [5.74, 6) is 0.622. The number of nitrogens with two attached hydrogens (primary N) is 1. The van der Waals surface area contributed by atoms with Gasteiger partial charge in [-0.05, 0) is 46.0 Å². The number of hydrogen-bond acceptors (Lipinski definition) is 3. The second-order valence-corrected chi connectivity index (χ2v) is 6.07. The number of carbonyl (C=O) groups excluding carboxylic acids is 1. The number of nitrogens with one attached hydrogen (secondary N) is 1. The summed E-state index contributed by atoms with van der Waals surface area (Å²) in [4.78, 5) is 12.2. The van der Waals surface area contributed by atoms with Crippen molar-refractivity contribution in [2.24, 2.45) is 17.6 Å². The SMILES string of the molecule is CCOC(C)(C)CNC(=O)C1CC(N)CCC1C. The molecule has 106 valence electrons. The number of rotatable bonds is 5. The third-order valence-electron chi connectivity index (χ3n) is 3.80. The summed E-state index contributed by atoms with van der Waals surface area (Å²) >= 11 is 0. The van der Waals surface area contributed by atoms with Crippen molar-refractivity contribution in [3.63, 3.8) is 0 Å². The van der Waals surface area contributed by atoms with Gasteiger partial charge in [-0.3, -0.25) is 4.79 Å². The molecular formula is C14H28N2O2. The van der Waals surface area contributed by atoms with Crippen molar-refractivity contribution in [3.8, 4) is 0 Å². The van der Waals surface area contributed by atoms with E-state index in [0.717, 1.165) is 19.3 Å². The lowest BCUT2D eigenvalue weighted by atomic mass is 9.77. The Morgan fingerprint density at radius 1 is 1.44 bits per heavy atom. The van der Waals surface area contributed by atoms with Gasteiger partial charge in [-0.25, -0.2) is 0 Å². The first-order valence-electron chi connectivity index (χ1n) is 7.03. The Balaban J connectivity index is 2.44. The summed E-state index contributed by atoms with van der Waals surface area (Å²) in [5.41, 5.74) is 5.65. The molecule has 4 heteroatoms. The molecule has 1 saturated carbocycles. The van der Waals surface area contributed by atoms with E-state index in [0.29, 0.717) is 19.1 Å². The van der Waals surface area contributed by atoms with Crippen molar-refractivity contribution >= 4 is 5.91 Å². The van der Waals surface area contributed by atoms with Crippen molar-refractivity contribution in [1.29, 1.82) is 0 Å². The van der Waals surface area contributed by atoms with Crippen LogP contribution in [0.1, 0.15) is 47.0 Å². The van der Waals surface area contributed by atoms with E-state index in [4.69, 9.17) is 10.5 Å². The van der Waals surface area contributed by atoms with Gasteiger partial charge in [0, 0.05) is 25.1 Å². The second kappa shape index (κ2) is 6.53. The van der Waals surface area contributed by atoms with Crippen LogP contribution >= 0.6 is 0 Å². The lowest BCUT2D eigenvalue weighted by molar-refractivity contribution is -0.129. The summed E-state index contributed by atoms with van der Waals surface area (Å²) in [6, 6.07) is 0.178. The van der Waals surface area contributed by atoms with Crippen molar-refractivity contribution in [3.05, 3.63) is 0 Å². The van der Waals surface area contributed by atoms with Gasteiger partial charge in [0.05, 0.1) is 5.60 Å². The monoisotopic (exact) mass is 256 g/mol. The fourth-order valence-corrected chi connectivity index (χ4v) is 2.59. The highest BCUT2D eigenvalue weighted by molar-refractivity contribution is 5.79. The largest absolute Gasteiger partial charge is 0.374 e. The summed E-state index contributed by atoms with van der Waals surface area (Å²) in [5, 5.41) is 3.01. The summed E-state index contributed by atoms with van der Waals surface area (Å²) in [6.45, 7) is 9.31. The minimum absolute atomic E-state index is 0.0613. The van der Waals surface area contributed by atoms with E-state index in [1.54, 1.807) is 0 Å². The number of carbonyl (C=O) groups is 1. The summed E-state index contributed by atoms with van der Waals surface area (Å²) in [7, 11) is 0. The minimum atomic E-state index is -0.301. The molecule has 1 rings (SSSR count). The van der Waals surface area contributed by atoms with Crippen molar-refractivity contribution < 1.29 is 9.53 Å². The maximum absolute atomic E-state index is 12.2. The molecule has 0 saturated heterocycles. The number of amides is 1. The van der Waals surface area contributed by atoms with Gasteiger partial charge in [-0.2, -0.15) is 0 Å². The third kappa shape index (κ3) is 4.58. The molecule has 3 unspecified atom stereocenters. The fraction of sp³-hybridized carbons (Fsp3) is 0.929. The first-order valence-corrected chi connectivity index (χ1v) is 7.03. The van der Waals surface area contributed by atoms with Gasteiger partial charge in [0.25, 0.3) is 0 Å². The molecule has 1 amide bonds. The molecule has 0 heterocycles. The first kappa shape index (κ1) is 15.4. The van der Waals surface area contributed by atoms with Gasteiger partial charge in [0.2, 0.25) is 5.91 Å². The van der Waals surface area contributed by atoms with Crippen LogP contribution in [0.4, 0.5) is 0 Å². The average molecular weight is 256 g/mol. The highest BCUT2D eigenvalue weighted by Crippen LogP contribution is 2.29. The molecule has 0 bridgehead atoms. The van der Waals surface area contributed by atoms with Crippen LogP contribution in [0.25, 0.3) is 0 Å². The van der Waals surface area contributed by atoms with Crippen LogP contribution in [-0.4, -0.2) is 30.7 Å². The molecule has 0 spiro atoms. The highest BCUT2D eigenvalue weighted by Gasteiger charge is 2.32. The Morgan fingerprint density at radius 3 is 2.72 bits per heavy atom. The van der Waals surface area contributed by atoms with E-state index >= 15 is 0 Å². The lowest BCUT2D eigenvalue weighted by Gasteiger charge is -2.33. The molecule has 3 atom stereocenters. The molecule has 0 aliphatic heterocycles. The van der Waals surface area contributed by atoms with Gasteiger partial charge in [0.1, 0.15) is 0 Å². The Hall–Kier alpha value is -0.610. The van der Waals surface area contributed by atoms with E-state index in [1.165, 1.54) is 0 Å². The molecule has 1 fully saturated rings. The zero-order valence-electron chi connectivity index (χ0n) is 12.2. The minimum Gasteiger partial charge on any atom is -0.374 e. The quantitative estimate of drug-likeness (QED) is 0.786. The molecule has 3 N–H and O–H groups in total. The molecule has 4 nitrogen and oxygen atoms in total. The Morgan fingerprint density at radius 2 is 2.11 bits per heavy atom. The number of hydrogen-bond donors (Lipinski definition) is 2. The van der Waals surface area contributed by atoms with E-state index in [2.05, 4.69) is 12.2 Å². The van der Waals surface area contributed by atoms with Crippen LogP contribution in [0.15, 0.2) is 0 Å². The summed E-state index contributed by atoms with van der Waals surface area (Å²) < 4.78 is 5.58. The zero-order chi connectivity index (χ0) is 13.8. The van der Waals surface area contributed by atoms with Crippen LogP contribution in [-0.2, 0) is 9.53 Å². The van der Waals surface area contributed by atoms with E-state index in [-0.39, 0.29) is 23.5 Å². The van der Waals surface area contributed by atoms with Gasteiger partial charge in [-0.15, -0.1) is 0 Å². The topological polar surface area (TPSA) is 64.3 Å². The van der Waals surface area contributed by atoms with Crippen molar-refractivity contribution in [2.75, 3.05) is 13.2 Å². The summed E-state index contributed by atoms with van der Waals surface area (Å²) in [6.07, 6.45) is 2.89. The van der Waals surface area contributed by atoms with Crippen LogP contribution in [0, 0.1) is 11.8 Å². The van der Waals surface area contributed by atoms with Gasteiger partial charge in [-0.1, -0.05) is 6.92 Å². The van der Waals surface area contributed by atoms with Crippen molar-refractivity contribution in [2.45, 2.75) is 58.6 Å². The molecule has 1 aliphatic rings.